The van der Waals surface area contributed by atoms with E-state index in [-0.39, 0.29) is 0 Å². The van der Waals surface area contributed by atoms with Gasteiger partial charge in [0.2, 0.25) is 0 Å². The monoisotopic (exact) mass is 137 g/mol. The predicted molar refractivity (Wildman–Crippen MR) is 41.0 cm³/mol. The van der Waals surface area contributed by atoms with Crippen LogP contribution in [0.4, 0.5) is 0 Å². The first-order valence-corrected chi connectivity index (χ1v) is 4.01. The molecular weight excluding hydrogens is 124 g/mol. The number of nitrogens with one attached hydrogen (secondary N) is 1. The zero-order chi connectivity index (χ0) is 6.97. The Morgan fingerprint density at radius 3 is 2.30 bits per heavy atom. The molecule has 0 aliphatic carbocycles. The highest BCUT2D eigenvalue weighted by atomic mass is 15.2. The molecule has 0 aromatic rings. The van der Waals surface area contributed by atoms with Gasteiger partial charge in [-0.05, 0) is 32.1 Å². The van der Waals surface area contributed by atoms with Crippen molar-refractivity contribution >= 4 is 6.34 Å². The third-order valence-electron chi connectivity index (χ3n) is 2.70. The summed E-state index contributed by atoms with van der Waals surface area (Å²) >= 11 is 0. The molecule has 0 amide bonds. The molecule has 2 atom stereocenters. The van der Waals surface area contributed by atoms with Crippen LogP contribution < -0.4 is 0 Å². The molecule has 0 aromatic carbocycles. The second kappa shape index (κ2) is 2.26. The van der Waals surface area contributed by atoms with Crippen molar-refractivity contribution in [2.45, 2.75) is 37.8 Å². The van der Waals surface area contributed by atoms with Crippen molar-refractivity contribution < 1.29 is 0 Å². The van der Waals surface area contributed by atoms with Crippen molar-refractivity contribution in [2.24, 2.45) is 0 Å². The van der Waals surface area contributed by atoms with Crippen molar-refractivity contribution in [3.63, 3.8) is 0 Å². The van der Waals surface area contributed by atoms with Gasteiger partial charge >= 0.3 is 0 Å². The van der Waals surface area contributed by atoms with E-state index < -0.39 is 0 Å². The van der Waals surface area contributed by atoms with Crippen LogP contribution in [0.25, 0.3) is 0 Å². The van der Waals surface area contributed by atoms with Crippen LogP contribution in [0, 0.1) is 11.8 Å². The molecule has 0 saturated carbocycles. The molecule has 2 heterocycles. The lowest BCUT2D eigenvalue weighted by Crippen LogP contribution is -2.38. The average molecular weight is 137 g/mol. The zero-order valence-corrected chi connectivity index (χ0v) is 6.09. The molecule has 2 unspecified atom stereocenters. The van der Waals surface area contributed by atoms with Gasteiger partial charge < -0.3 is 4.90 Å². The summed E-state index contributed by atoms with van der Waals surface area (Å²) in [5, 5.41) is 7.18. The van der Waals surface area contributed by atoms with Gasteiger partial charge in [0.25, 0.3) is 0 Å². The number of hydrogen-bond acceptors (Lipinski definition) is 1. The minimum atomic E-state index is 0.677. The minimum absolute atomic E-state index is 0.677. The first-order chi connectivity index (χ1) is 4.92. The Hall–Kier alpha value is -0.530. The minimum Gasteiger partial charge on any atom is -0.357 e. The zero-order valence-electron chi connectivity index (χ0n) is 6.09. The standard InChI is InChI=1S/C8H13N2/c9-6-10-7-2-1-3-8(10)5-4-7/h1,6-9H,2-5H2. The summed E-state index contributed by atoms with van der Waals surface area (Å²) in [6.45, 7) is 0. The van der Waals surface area contributed by atoms with Crippen LogP contribution in [0.1, 0.15) is 25.7 Å². The highest BCUT2D eigenvalue weighted by Gasteiger charge is 2.34. The van der Waals surface area contributed by atoms with Gasteiger partial charge in [0.05, 0.1) is 6.34 Å². The van der Waals surface area contributed by atoms with Crippen molar-refractivity contribution in [3.8, 4) is 0 Å². The topological polar surface area (TPSA) is 27.1 Å². The summed E-state index contributed by atoms with van der Waals surface area (Å²) in [6.07, 6.45) is 8.91. The van der Waals surface area contributed by atoms with Gasteiger partial charge in [0, 0.05) is 12.1 Å². The van der Waals surface area contributed by atoms with Crippen molar-refractivity contribution in [1.29, 1.82) is 5.41 Å². The number of hydrogen-bond donors (Lipinski definition) is 1. The van der Waals surface area contributed by atoms with E-state index in [2.05, 4.69) is 11.3 Å². The Morgan fingerprint density at radius 1 is 1.30 bits per heavy atom. The first kappa shape index (κ1) is 6.20. The maximum absolute atomic E-state index is 7.18. The molecule has 2 saturated heterocycles. The largest absolute Gasteiger partial charge is 0.357 e. The molecule has 2 heteroatoms. The van der Waals surface area contributed by atoms with Gasteiger partial charge in [-0.25, -0.2) is 0 Å². The Balaban J connectivity index is 2.13. The lowest BCUT2D eigenvalue weighted by atomic mass is 10.0. The molecule has 2 rings (SSSR count). The number of nitrogens with zero attached hydrogens (tertiary/aromatic N) is 1. The van der Waals surface area contributed by atoms with Gasteiger partial charge in [0.15, 0.2) is 0 Å². The van der Waals surface area contributed by atoms with Gasteiger partial charge in [-0.1, -0.05) is 0 Å². The maximum atomic E-state index is 7.18. The van der Waals surface area contributed by atoms with Crippen LogP contribution >= 0.6 is 0 Å². The average Bonchev–Trinajstić information content (AvgIpc) is 2.19. The van der Waals surface area contributed by atoms with E-state index in [0.717, 1.165) is 0 Å². The molecule has 2 aliphatic rings. The second-order valence-corrected chi connectivity index (χ2v) is 3.22. The molecular formula is C8H13N2. The van der Waals surface area contributed by atoms with Crippen molar-refractivity contribution in [1.82, 2.24) is 4.90 Å². The van der Waals surface area contributed by atoms with E-state index in [9.17, 15) is 0 Å². The highest BCUT2D eigenvalue weighted by Crippen LogP contribution is 2.33. The Kier molecular flexibility index (Phi) is 1.40. The van der Waals surface area contributed by atoms with E-state index in [1.807, 2.05) is 0 Å². The Bertz CT molecular complexity index is 128. The fourth-order valence-corrected chi connectivity index (χ4v) is 2.15. The van der Waals surface area contributed by atoms with E-state index >= 15 is 0 Å². The van der Waals surface area contributed by atoms with Crippen LogP contribution in [-0.2, 0) is 0 Å². The summed E-state index contributed by atoms with van der Waals surface area (Å²) < 4.78 is 0. The lowest BCUT2D eigenvalue weighted by Gasteiger charge is -2.32. The summed E-state index contributed by atoms with van der Waals surface area (Å²) in [5.74, 6) is 0. The van der Waals surface area contributed by atoms with E-state index in [1.165, 1.54) is 32.0 Å². The quantitative estimate of drug-likeness (QED) is 0.429. The molecule has 0 spiro atoms. The third-order valence-corrected chi connectivity index (χ3v) is 2.70. The normalized spacial score (nSPS) is 38.2. The molecule has 55 valence electrons. The molecule has 0 aromatic heterocycles. The predicted octanol–water partition coefficient (Wildman–Crippen LogP) is 1.42. The van der Waals surface area contributed by atoms with Crippen LogP contribution in [-0.4, -0.2) is 23.3 Å². The van der Waals surface area contributed by atoms with Crippen LogP contribution in [0.5, 0.6) is 0 Å². The fraction of sp³-hybridized carbons (Fsp3) is 0.750. The fourth-order valence-electron chi connectivity index (χ4n) is 2.15. The molecule has 2 aliphatic heterocycles. The molecule has 2 nitrogen and oxygen atoms in total. The number of rotatable bonds is 1. The number of piperidine rings is 1. The van der Waals surface area contributed by atoms with Gasteiger partial charge in [-0.3, -0.25) is 5.41 Å². The lowest BCUT2D eigenvalue weighted by molar-refractivity contribution is 0.278. The van der Waals surface area contributed by atoms with Gasteiger partial charge in [-0.2, -0.15) is 0 Å². The summed E-state index contributed by atoms with van der Waals surface area (Å²) in [4.78, 5) is 2.22. The first-order valence-electron chi connectivity index (χ1n) is 4.01. The van der Waals surface area contributed by atoms with Gasteiger partial charge in [-0.15, -0.1) is 0 Å². The van der Waals surface area contributed by atoms with Crippen molar-refractivity contribution in [2.75, 3.05) is 0 Å². The molecule has 1 radical (unpaired) electrons. The van der Waals surface area contributed by atoms with E-state index in [0.29, 0.717) is 12.1 Å². The molecule has 2 fully saturated rings. The molecule has 10 heavy (non-hydrogen) atoms. The highest BCUT2D eigenvalue weighted by molar-refractivity contribution is 5.53. The summed E-state index contributed by atoms with van der Waals surface area (Å²) in [6, 6.07) is 1.35. The summed E-state index contributed by atoms with van der Waals surface area (Å²) in [7, 11) is 0. The van der Waals surface area contributed by atoms with Gasteiger partial charge in [0.1, 0.15) is 0 Å². The van der Waals surface area contributed by atoms with Crippen LogP contribution in [0.3, 0.4) is 0 Å². The maximum Gasteiger partial charge on any atom is 0.0822 e. The van der Waals surface area contributed by atoms with E-state index in [4.69, 9.17) is 5.41 Å². The van der Waals surface area contributed by atoms with Crippen molar-refractivity contribution in [3.05, 3.63) is 6.42 Å². The Morgan fingerprint density at radius 2 is 1.90 bits per heavy atom. The number of fused-ring (bicyclic) bond motifs is 2. The summed E-state index contributed by atoms with van der Waals surface area (Å²) in [5.41, 5.74) is 0. The molecule has 2 bridgehead atoms. The Labute approximate surface area is 61.7 Å². The smallest absolute Gasteiger partial charge is 0.0822 e. The van der Waals surface area contributed by atoms with Crippen LogP contribution in [0.2, 0.25) is 0 Å². The molecule has 1 N–H and O–H groups in total. The second-order valence-electron chi connectivity index (χ2n) is 3.22. The SMILES string of the molecule is N=CN1C2C[CH]CC1CC2. The third kappa shape index (κ3) is 0.746. The van der Waals surface area contributed by atoms with Crippen LogP contribution in [0.15, 0.2) is 0 Å². The van der Waals surface area contributed by atoms with E-state index in [1.54, 1.807) is 0 Å².